The SMILES string of the molecule is CC(C)(CN1CCC(c2ccc(NC(=O)c3nc(-c4ccccc4)oc3C(F)(F)F)cc2)CC1)c1ccc(C(=O)OO)cc1. The van der Waals surface area contributed by atoms with Crippen LogP contribution in [0.2, 0.25) is 0 Å². The molecule has 0 unspecified atom stereocenters. The molecule has 0 spiro atoms. The van der Waals surface area contributed by atoms with Gasteiger partial charge in [0.2, 0.25) is 11.7 Å². The third kappa shape index (κ3) is 7.00. The van der Waals surface area contributed by atoms with Crippen LogP contribution in [0.5, 0.6) is 0 Å². The number of amides is 1. The first-order chi connectivity index (χ1) is 20.9. The van der Waals surface area contributed by atoms with Crippen molar-refractivity contribution in [3.8, 4) is 11.5 Å². The molecule has 8 nitrogen and oxygen atoms in total. The highest BCUT2D eigenvalue weighted by Gasteiger charge is 2.42. The number of hydrogen-bond donors (Lipinski definition) is 2. The molecule has 1 aliphatic rings. The number of anilines is 1. The minimum atomic E-state index is -4.89. The number of halogens is 3. The smallest absolute Gasteiger partial charge is 0.431 e. The lowest BCUT2D eigenvalue weighted by molar-refractivity contribution is -0.182. The van der Waals surface area contributed by atoms with Crippen LogP contribution in [0.25, 0.3) is 11.5 Å². The summed E-state index contributed by atoms with van der Waals surface area (Å²) in [6, 6.07) is 22.3. The Morgan fingerprint density at radius 3 is 2.20 bits per heavy atom. The van der Waals surface area contributed by atoms with Crippen LogP contribution in [0.1, 0.15) is 70.3 Å². The number of aromatic nitrogens is 1. The molecule has 2 heterocycles. The van der Waals surface area contributed by atoms with Gasteiger partial charge < -0.3 is 14.6 Å². The minimum Gasteiger partial charge on any atom is -0.431 e. The highest BCUT2D eigenvalue weighted by atomic mass is 19.4. The highest BCUT2D eigenvalue weighted by molar-refractivity contribution is 6.04. The van der Waals surface area contributed by atoms with Gasteiger partial charge >= 0.3 is 12.1 Å². The monoisotopic (exact) mass is 607 g/mol. The molecule has 1 aliphatic heterocycles. The summed E-state index contributed by atoms with van der Waals surface area (Å²) in [6.07, 6.45) is -3.03. The summed E-state index contributed by atoms with van der Waals surface area (Å²) in [5.41, 5.74) is 2.13. The molecule has 0 atom stereocenters. The fourth-order valence-electron chi connectivity index (χ4n) is 5.58. The maximum atomic E-state index is 13.7. The van der Waals surface area contributed by atoms with E-state index in [1.54, 1.807) is 54.6 Å². The molecule has 230 valence electrons. The van der Waals surface area contributed by atoms with E-state index in [1.165, 1.54) is 0 Å². The number of likely N-dealkylation sites (tertiary alicyclic amines) is 1. The summed E-state index contributed by atoms with van der Waals surface area (Å²) in [6.45, 7) is 6.88. The molecular weight excluding hydrogens is 575 g/mol. The first-order valence-electron chi connectivity index (χ1n) is 14.2. The number of benzene rings is 3. The second kappa shape index (κ2) is 12.6. The van der Waals surface area contributed by atoms with Crippen molar-refractivity contribution in [2.75, 3.05) is 25.0 Å². The van der Waals surface area contributed by atoms with E-state index in [2.05, 4.69) is 33.9 Å². The molecule has 3 aromatic carbocycles. The Hall–Kier alpha value is -4.48. The number of carbonyl (C=O) groups is 2. The summed E-state index contributed by atoms with van der Waals surface area (Å²) in [4.78, 5) is 34.4. The predicted octanol–water partition coefficient (Wildman–Crippen LogP) is 7.40. The molecule has 1 amide bonds. The van der Waals surface area contributed by atoms with Crippen molar-refractivity contribution in [3.63, 3.8) is 0 Å². The molecule has 2 N–H and O–H groups in total. The summed E-state index contributed by atoms with van der Waals surface area (Å²) >= 11 is 0. The standard InChI is InChI=1S/C33H32F3N3O5/c1-32(2,25-12-8-24(9-13-25)31(41)44-42)20-39-18-16-22(17-19-39)21-10-14-26(15-11-21)37-29(40)27-28(33(34,35)36)43-30(38-27)23-6-4-3-5-7-23/h3-15,22,42H,16-20H2,1-2H3,(H,37,40). The van der Waals surface area contributed by atoms with Crippen LogP contribution >= 0.6 is 0 Å². The van der Waals surface area contributed by atoms with Crippen LogP contribution < -0.4 is 5.32 Å². The maximum absolute atomic E-state index is 13.7. The van der Waals surface area contributed by atoms with E-state index in [4.69, 9.17) is 9.67 Å². The van der Waals surface area contributed by atoms with Gasteiger partial charge in [-0.15, -0.1) is 0 Å². The second-order valence-corrected chi connectivity index (χ2v) is 11.5. The Labute approximate surface area is 252 Å². The number of carbonyl (C=O) groups excluding carboxylic acids is 2. The van der Waals surface area contributed by atoms with Crippen molar-refractivity contribution >= 4 is 17.6 Å². The molecule has 1 aromatic heterocycles. The quantitative estimate of drug-likeness (QED) is 0.159. The summed E-state index contributed by atoms with van der Waals surface area (Å²) in [7, 11) is 0. The van der Waals surface area contributed by atoms with Crippen molar-refractivity contribution in [2.24, 2.45) is 0 Å². The minimum absolute atomic E-state index is 0.175. The number of rotatable bonds is 8. The number of piperidine rings is 1. The van der Waals surface area contributed by atoms with Crippen molar-refractivity contribution in [2.45, 2.75) is 44.2 Å². The molecule has 5 rings (SSSR count). The van der Waals surface area contributed by atoms with E-state index in [0.29, 0.717) is 17.2 Å². The molecule has 44 heavy (non-hydrogen) atoms. The Morgan fingerprint density at radius 2 is 1.61 bits per heavy atom. The Balaban J connectivity index is 1.18. The van der Waals surface area contributed by atoms with Gasteiger partial charge in [0, 0.05) is 23.2 Å². The van der Waals surface area contributed by atoms with Gasteiger partial charge in [0.1, 0.15) is 0 Å². The average Bonchev–Trinajstić information content (AvgIpc) is 3.49. The van der Waals surface area contributed by atoms with E-state index in [1.807, 2.05) is 24.3 Å². The highest BCUT2D eigenvalue weighted by Crippen LogP contribution is 2.36. The van der Waals surface area contributed by atoms with Gasteiger partial charge in [-0.05, 0) is 79.4 Å². The molecule has 11 heteroatoms. The number of alkyl halides is 3. The molecular formula is C33H32F3N3O5. The number of nitrogens with zero attached hydrogens (tertiary/aromatic N) is 2. The summed E-state index contributed by atoms with van der Waals surface area (Å²) in [5.74, 6) is -3.21. The molecule has 0 radical (unpaired) electrons. The first-order valence-corrected chi connectivity index (χ1v) is 14.2. The molecule has 0 aliphatic carbocycles. The Bertz CT molecular complexity index is 1590. The molecule has 0 saturated carbocycles. The lowest BCUT2D eigenvalue weighted by atomic mass is 9.82. The van der Waals surface area contributed by atoms with Gasteiger partial charge in [0.25, 0.3) is 5.91 Å². The van der Waals surface area contributed by atoms with Crippen molar-refractivity contribution in [1.29, 1.82) is 0 Å². The van der Waals surface area contributed by atoms with E-state index in [9.17, 15) is 22.8 Å². The number of hydrogen-bond acceptors (Lipinski definition) is 7. The van der Waals surface area contributed by atoms with E-state index in [-0.39, 0.29) is 16.9 Å². The first kappa shape index (κ1) is 31.0. The predicted molar refractivity (Wildman–Crippen MR) is 157 cm³/mol. The molecule has 4 aromatic rings. The maximum Gasteiger partial charge on any atom is 0.452 e. The summed E-state index contributed by atoms with van der Waals surface area (Å²) < 4.78 is 45.9. The van der Waals surface area contributed by atoms with E-state index < -0.39 is 29.5 Å². The van der Waals surface area contributed by atoms with Crippen LogP contribution in [0, 0.1) is 0 Å². The van der Waals surface area contributed by atoms with Crippen molar-refractivity contribution in [3.05, 3.63) is 107 Å². The van der Waals surface area contributed by atoms with E-state index >= 15 is 0 Å². The topological polar surface area (TPSA) is 105 Å². The largest absolute Gasteiger partial charge is 0.452 e. The third-order valence-electron chi connectivity index (χ3n) is 7.95. The zero-order valence-corrected chi connectivity index (χ0v) is 24.2. The van der Waals surface area contributed by atoms with Gasteiger partial charge in [0.15, 0.2) is 5.69 Å². The van der Waals surface area contributed by atoms with Gasteiger partial charge in [-0.25, -0.2) is 9.78 Å². The van der Waals surface area contributed by atoms with Crippen LogP contribution in [0.15, 0.2) is 83.3 Å². The Kier molecular flexibility index (Phi) is 8.89. The molecule has 1 saturated heterocycles. The van der Waals surface area contributed by atoms with Crippen molar-refractivity contribution < 1.29 is 37.3 Å². The molecule has 0 bridgehead atoms. The average molecular weight is 608 g/mol. The lowest BCUT2D eigenvalue weighted by Gasteiger charge is -2.38. The van der Waals surface area contributed by atoms with Crippen LogP contribution in [0.3, 0.4) is 0 Å². The van der Waals surface area contributed by atoms with E-state index in [0.717, 1.165) is 43.6 Å². The van der Waals surface area contributed by atoms with Crippen LogP contribution in [-0.2, 0) is 16.5 Å². The number of nitrogens with one attached hydrogen (secondary N) is 1. The fraction of sp³-hybridized carbons (Fsp3) is 0.303. The van der Waals surface area contributed by atoms with Gasteiger partial charge in [-0.1, -0.05) is 56.3 Å². The second-order valence-electron chi connectivity index (χ2n) is 11.5. The number of oxazole rings is 1. The van der Waals surface area contributed by atoms with Gasteiger partial charge in [-0.3, -0.25) is 9.68 Å². The molecule has 1 fully saturated rings. The Morgan fingerprint density at radius 1 is 0.977 bits per heavy atom. The zero-order valence-electron chi connectivity index (χ0n) is 24.2. The fourth-order valence-corrected chi connectivity index (χ4v) is 5.58. The zero-order chi connectivity index (χ0) is 31.5. The van der Waals surface area contributed by atoms with Crippen LogP contribution in [-0.4, -0.2) is 46.7 Å². The third-order valence-corrected chi connectivity index (χ3v) is 7.95. The normalized spacial score (nSPS) is 14.8. The lowest BCUT2D eigenvalue weighted by Crippen LogP contribution is -2.41. The van der Waals surface area contributed by atoms with Gasteiger partial charge in [0.05, 0.1) is 5.56 Å². The van der Waals surface area contributed by atoms with Gasteiger partial charge in [-0.2, -0.15) is 18.4 Å². The summed E-state index contributed by atoms with van der Waals surface area (Å²) in [5, 5.41) is 11.1. The van der Waals surface area contributed by atoms with Crippen LogP contribution in [0.4, 0.5) is 18.9 Å². The van der Waals surface area contributed by atoms with Crippen molar-refractivity contribution in [1.82, 2.24) is 9.88 Å².